The van der Waals surface area contributed by atoms with E-state index in [0.717, 1.165) is 18.8 Å². The second-order valence-corrected chi connectivity index (χ2v) is 4.14. The van der Waals surface area contributed by atoms with Crippen molar-refractivity contribution >= 4 is 11.8 Å². The van der Waals surface area contributed by atoms with E-state index in [1.807, 2.05) is 5.43 Å². The molecule has 5 nitrogen and oxygen atoms in total. The van der Waals surface area contributed by atoms with Crippen LogP contribution < -0.4 is 16.6 Å². The number of nitrogens with one attached hydrogen (secondary N) is 2. The van der Waals surface area contributed by atoms with Gasteiger partial charge in [0, 0.05) is 6.04 Å². The van der Waals surface area contributed by atoms with Gasteiger partial charge < -0.3 is 5.32 Å². The van der Waals surface area contributed by atoms with Crippen LogP contribution in [0.25, 0.3) is 0 Å². The van der Waals surface area contributed by atoms with E-state index in [2.05, 4.69) is 5.32 Å². The largest absolute Gasteiger partial charge is 0.345 e. The fourth-order valence-corrected chi connectivity index (χ4v) is 2.39. The molecule has 4 N–H and O–H groups in total. The van der Waals surface area contributed by atoms with Crippen molar-refractivity contribution < 1.29 is 9.59 Å². The summed E-state index contributed by atoms with van der Waals surface area (Å²) >= 11 is 0. The van der Waals surface area contributed by atoms with Crippen molar-refractivity contribution in [3.05, 3.63) is 0 Å². The fourth-order valence-electron chi connectivity index (χ4n) is 2.39. The van der Waals surface area contributed by atoms with E-state index < -0.39 is 11.8 Å². The molecule has 2 fully saturated rings. The van der Waals surface area contributed by atoms with Crippen molar-refractivity contribution in [3.63, 3.8) is 0 Å². The molecule has 14 heavy (non-hydrogen) atoms. The van der Waals surface area contributed by atoms with Gasteiger partial charge in [0.2, 0.25) is 0 Å². The summed E-state index contributed by atoms with van der Waals surface area (Å²) in [6, 6.07) is 0.193. The summed E-state index contributed by atoms with van der Waals surface area (Å²) in [7, 11) is 0. The van der Waals surface area contributed by atoms with Gasteiger partial charge >= 0.3 is 11.8 Å². The van der Waals surface area contributed by atoms with Gasteiger partial charge in [-0.1, -0.05) is 12.8 Å². The topological polar surface area (TPSA) is 84.2 Å². The third-order valence-electron chi connectivity index (χ3n) is 3.24. The van der Waals surface area contributed by atoms with Crippen LogP contribution in [0.4, 0.5) is 0 Å². The highest BCUT2D eigenvalue weighted by molar-refractivity contribution is 6.34. The Morgan fingerprint density at radius 3 is 2.71 bits per heavy atom. The van der Waals surface area contributed by atoms with Gasteiger partial charge in [-0.2, -0.15) is 0 Å². The second-order valence-electron chi connectivity index (χ2n) is 4.14. The minimum absolute atomic E-state index is 0.193. The quantitative estimate of drug-likeness (QED) is 0.224. The smallest absolute Gasteiger partial charge is 0.323 e. The summed E-state index contributed by atoms with van der Waals surface area (Å²) in [5, 5.41) is 2.73. The van der Waals surface area contributed by atoms with Crippen molar-refractivity contribution in [2.75, 3.05) is 0 Å². The van der Waals surface area contributed by atoms with Crippen LogP contribution in [0, 0.1) is 11.8 Å². The van der Waals surface area contributed by atoms with Crippen LogP contribution in [0.1, 0.15) is 25.7 Å². The fraction of sp³-hybridized carbons (Fsp3) is 0.778. The Morgan fingerprint density at radius 1 is 1.21 bits per heavy atom. The van der Waals surface area contributed by atoms with Gasteiger partial charge in [-0.05, 0) is 24.7 Å². The molecule has 0 radical (unpaired) electrons. The van der Waals surface area contributed by atoms with Gasteiger partial charge in [0.15, 0.2) is 0 Å². The zero-order valence-electron chi connectivity index (χ0n) is 7.95. The number of hydrogen-bond acceptors (Lipinski definition) is 3. The number of hydrogen-bond donors (Lipinski definition) is 3. The summed E-state index contributed by atoms with van der Waals surface area (Å²) < 4.78 is 0. The monoisotopic (exact) mass is 197 g/mol. The zero-order valence-corrected chi connectivity index (χ0v) is 7.95. The SMILES string of the molecule is NNC(=O)C(=O)NC1CCCC2CC21. The summed E-state index contributed by atoms with van der Waals surface area (Å²) in [5.74, 6) is 4.90. The predicted octanol–water partition coefficient (Wildman–Crippen LogP) is -0.719. The highest BCUT2D eigenvalue weighted by Gasteiger charge is 2.45. The third kappa shape index (κ3) is 1.72. The highest BCUT2D eigenvalue weighted by Crippen LogP contribution is 2.49. The number of hydrazine groups is 1. The Hall–Kier alpha value is -1.10. The Labute approximate surface area is 82.4 Å². The Morgan fingerprint density at radius 2 is 2.00 bits per heavy atom. The number of carbonyl (C=O) groups excluding carboxylic acids is 2. The van der Waals surface area contributed by atoms with E-state index >= 15 is 0 Å². The molecule has 2 saturated carbocycles. The number of rotatable bonds is 1. The summed E-state index contributed by atoms with van der Waals surface area (Å²) in [4.78, 5) is 22.1. The molecule has 3 unspecified atom stereocenters. The maximum absolute atomic E-state index is 11.2. The van der Waals surface area contributed by atoms with E-state index in [-0.39, 0.29) is 6.04 Å². The molecule has 0 bridgehead atoms. The lowest BCUT2D eigenvalue weighted by molar-refractivity contribution is -0.139. The molecule has 0 spiro atoms. The molecule has 5 heteroatoms. The van der Waals surface area contributed by atoms with E-state index in [1.54, 1.807) is 0 Å². The average Bonchev–Trinajstić information content (AvgIpc) is 2.96. The molecule has 0 saturated heterocycles. The predicted molar refractivity (Wildman–Crippen MR) is 49.7 cm³/mol. The molecule has 78 valence electrons. The van der Waals surface area contributed by atoms with Gasteiger partial charge in [-0.15, -0.1) is 0 Å². The van der Waals surface area contributed by atoms with Crippen molar-refractivity contribution in [2.24, 2.45) is 17.7 Å². The number of nitrogens with two attached hydrogens (primary N) is 1. The standard InChI is InChI=1S/C9H15N3O2/c10-12-9(14)8(13)11-7-3-1-2-5-4-6(5)7/h5-7H,1-4,10H2,(H,11,13)(H,12,14). The summed E-state index contributed by atoms with van der Waals surface area (Å²) in [5.41, 5.74) is 1.83. The first kappa shape index (κ1) is 9.45. The molecular weight excluding hydrogens is 182 g/mol. The van der Waals surface area contributed by atoms with E-state index in [4.69, 9.17) is 5.84 Å². The second kappa shape index (κ2) is 3.57. The van der Waals surface area contributed by atoms with Crippen LogP contribution in [-0.2, 0) is 9.59 Å². The van der Waals surface area contributed by atoms with Crippen molar-refractivity contribution in [1.82, 2.24) is 10.7 Å². The van der Waals surface area contributed by atoms with Crippen molar-refractivity contribution in [2.45, 2.75) is 31.7 Å². The van der Waals surface area contributed by atoms with Crippen LogP contribution in [0.2, 0.25) is 0 Å². The molecule has 2 aliphatic carbocycles. The maximum Gasteiger partial charge on any atom is 0.323 e. The molecule has 0 aromatic carbocycles. The normalized spacial score (nSPS) is 34.2. The maximum atomic E-state index is 11.2. The highest BCUT2D eigenvalue weighted by atomic mass is 16.2. The molecule has 0 aromatic heterocycles. The molecule has 2 amide bonds. The van der Waals surface area contributed by atoms with Gasteiger partial charge in [0.1, 0.15) is 0 Å². The van der Waals surface area contributed by atoms with Gasteiger partial charge in [-0.3, -0.25) is 15.0 Å². The van der Waals surface area contributed by atoms with Crippen LogP contribution in [0.15, 0.2) is 0 Å². The molecule has 2 rings (SSSR count). The molecular formula is C9H15N3O2. The Kier molecular flexibility index (Phi) is 2.41. The molecule has 0 aromatic rings. The Bertz CT molecular complexity index is 267. The van der Waals surface area contributed by atoms with Crippen LogP contribution in [-0.4, -0.2) is 17.9 Å². The first-order chi connectivity index (χ1) is 6.72. The Balaban J connectivity index is 1.85. The first-order valence-corrected chi connectivity index (χ1v) is 5.04. The third-order valence-corrected chi connectivity index (χ3v) is 3.24. The minimum Gasteiger partial charge on any atom is -0.345 e. The average molecular weight is 197 g/mol. The zero-order chi connectivity index (χ0) is 10.1. The van der Waals surface area contributed by atoms with Crippen molar-refractivity contribution in [1.29, 1.82) is 0 Å². The number of fused-ring (bicyclic) bond motifs is 1. The van der Waals surface area contributed by atoms with Crippen LogP contribution in [0.5, 0.6) is 0 Å². The lowest BCUT2D eigenvalue weighted by Gasteiger charge is -2.21. The molecule has 0 heterocycles. The van der Waals surface area contributed by atoms with Gasteiger partial charge in [-0.25, -0.2) is 5.84 Å². The lowest BCUT2D eigenvalue weighted by Crippen LogP contribution is -2.48. The van der Waals surface area contributed by atoms with E-state index in [0.29, 0.717) is 5.92 Å². The van der Waals surface area contributed by atoms with E-state index in [9.17, 15) is 9.59 Å². The van der Waals surface area contributed by atoms with Gasteiger partial charge in [0.25, 0.3) is 0 Å². The van der Waals surface area contributed by atoms with Crippen LogP contribution >= 0.6 is 0 Å². The van der Waals surface area contributed by atoms with Gasteiger partial charge in [0.05, 0.1) is 0 Å². The lowest BCUT2D eigenvalue weighted by atomic mass is 9.95. The van der Waals surface area contributed by atoms with E-state index in [1.165, 1.54) is 12.8 Å². The summed E-state index contributed by atoms with van der Waals surface area (Å²) in [6.07, 6.45) is 4.62. The molecule has 3 atom stereocenters. The molecule has 0 aliphatic heterocycles. The van der Waals surface area contributed by atoms with Crippen molar-refractivity contribution in [3.8, 4) is 0 Å². The molecule has 2 aliphatic rings. The summed E-state index contributed by atoms with van der Waals surface area (Å²) in [6.45, 7) is 0. The number of amides is 2. The minimum atomic E-state index is -0.757. The number of carbonyl (C=O) groups is 2. The first-order valence-electron chi connectivity index (χ1n) is 5.04. The van der Waals surface area contributed by atoms with Crippen LogP contribution in [0.3, 0.4) is 0 Å².